The van der Waals surface area contributed by atoms with Crippen molar-refractivity contribution in [1.29, 1.82) is 0 Å². The van der Waals surface area contributed by atoms with Crippen molar-refractivity contribution in [2.75, 3.05) is 0 Å². The number of thiazole rings is 1. The van der Waals surface area contributed by atoms with E-state index in [1.807, 2.05) is 13.1 Å². The fourth-order valence-electron chi connectivity index (χ4n) is 0.478. The Kier molecular flexibility index (Phi) is 1.91. The Hall–Kier alpha value is -0.0200. The van der Waals surface area contributed by atoms with Crippen molar-refractivity contribution in [3.8, 4) is 0 Å². The van der Waals surface area contributed by atoms with Crippen molar-refractivity contribution < 1.29 is 0 Å². The zero-order chi connectivity index (χ0) is 5.98. The molecule has 1 aromatic heterocycles. The molecule has 0 aromatic carbocycles. The number of hydrogen-bond donors (Lipinski definition) is 1. The van der Waals surface area contributed by atoms with Crippen molar-refractivity contribution in [2.45, 2.75) is 12.7 Å². The summed E-state index contributed by atoms with van der Waals surface area (Å²) in [5.41, 5.74) is 0. The standard InChI is InChI=1S/C5H7NS2/c1-4-6-2-5(3-7)8-4/h2,7H,3H2,1H3. The van der Waals surface area contributed by atoms with Gasteiger partial charge in [0.2, 0.25) is 0 Å². The second kappa shape index (κ2) is 2.51. The van der Waals surface area contributed by atoms with E-state index < -0.39 is 0 Å². The van der Waals surface area contributed by atoms with Crippen LogP contribution < -0.4 is 0 Å². The van der Waals surface area contributed by atoms with Gasteiger partial charge in [0.05, 0.1) is 5.01 Å². The van der Waals surface area contributed by atoms with Gasteiger partial charge in [0, 0.05) is 16.8 Å². The summed E-state index contributed by atoms with van der Waals surface area (Å²) >= 11 is 5.79. The molecule has 8 heavy (non-hydrogen) atoms. The van der Waals surface area contributed by atoms with Crippen LogP contribution in [0.5, 0.6) is 0 Å². The maximum absolute atomic E-state index is 4.09. The predicted molar refractivity (Wildman–Crippen MR) is 39.5 cm³/mol. The molecule has 0 saturated heterocycles. The lowest BCUT2D eigenvalue weighted by Crippen LogP contribution is -1.61. The molecule has 0 spiro atoms. The first-order valence-electron chi connectivity index (χ1n) is 2.35. The molecule has 0 aliphatic carbocycles. The number of aromatic nitrogens is 1. The Morgan fingerprint density at radius 1 is 1.88 bits per heavy atom. The van der Waals surface area contributed by atoms with E-state index in [1.165, 1.54) is 4.88 Å². The minimum absolute atomic E-state index is 0.811. The van der Waals surface area contributed by atoms with Gasteiger partial charge in [-0.15, -0.1) is 11.3 Å². The van der Waals surface area contributed by atoms with Crippen molar-refractivity contribution in [3.63, 3.8) is 0 Å². The van der Waals surface area contributed by atoms with E-state index in [2.05, 4.69) is 17.6 Å². The summed E-state index contributed by atoms with van der Waals surface area (Å²) in [5, 5.41) is 1.12. The summed E-state index contributed by atoms with van der Waals surface area (Å²) in [6.45, 7) is 2.00. The number of nitrogens with zero attached hydrogens (tertiary/aromatic N) is 1. The Bertz CT molecular complexity index is 171. The minimum Gasteiger partial charge on any atom is -0.250 e. The second-order valence-electron chi connectivity index (χ2n) is 1.50. The van der Waals surface area contributed by atoms with Gasteiger partial charge in [-0.1, -0.05) is 0 Å². The summed E-state index contributed by atoms with van der Waals surface area (Å²) in [5.74, 6) is 0.811. The first-order valence-corrected chi connectivity index (χ1v) is 3.80. The van der Waals surface area contributed by atoms with E-state index in [0.717, 1.165) is 10.8 Å². The van der Waals surface area contributed by atoms with Crippen LogP contribution in [0.15, 0.2) is 6.20 Å². The van der Waals surface area contributed by atoms with E-state index in [9.17, 15) is 0 Å². The topological polar surface area (TPSA) is 12.9 Å². The van der Waals surface area contributed by atoms with Gasteiger partial charge in [-0.05, 0) is 6.92 Å². The Morgan fingerprint density at radius 2 is 2.62 bits per heavy atom. The average Bonchev–Trinajstić information content (AvgIpc) is 2.14. The van der Waals surface area contributed by atoms with Crippen LogP contribution in [-0.4, -0.2) is 4.98 Å². The van der Waals surface area contributed by atoms with Gasteiger partial charge in [-0.3, -0.25) is 0 Å². The highest BCUT2D eigenvalue weighted by atomic mass is 32.1. The van der Waals surface area contributed by atoms with Crippen LogP contribution in [0.3, 0.4) is 0 Å². The van der Waals surface area contributed by atoms with Crippen LogP contribution >= 0.6 is 24.0 Å². The van der Waals surface area contributed by atoms with Gasteiger partial charge in [0.15, 0.2) is 0 Å². The lowest BCUT2D eigenvalue weighted by molar-refractivity contribution is 1.28. The molecule has 1 rings (SSSR count). The molecule has 0 unspecified atom stereocenters. The van der Waals surface area contributed by atoms with Crippen LogP contribution in [0.25, 0.3) is 0 Å². The maximum Gasteiger partial charge on any atom is 0.0897 e. The van der Waals surface area contributed by atoms with Crippen LogP contribution in [0.4, 0.5) is 0 Å². The molecule has 1 aromatic rings. The van der Waals surface area contributed by atoms with Gasteiger partial charge in [-0.2, -0.15) is 12.6 Å². The quantitative estimate of drug-likeness (QED) is 0.595. The molecule has 0 aliphatic rings. The smallest absolute Gasteiger partial charge is 0.0897 e. The summed E-state index contributed by atoms with van der Waals surface area (Å²) in [4.78, 5) is 5.30. The number of hydrogen-bond acceptors (Lipinski definition) is 3. The van der Waals surface area contributed by atoms with Crippen molar-refractivity contribution in [1.82, 2.24) is 4.98 Å². The Morgan fingerprint density at radius 3 is 2.88 bits per heavy atom. The lowest BCUT2D eigenvalue weighted by atomic mass is 10.6. The first-order chi connectivity index (χ1) is 3.83. The molecule has 0 aliphatic heterocycles. The van der Waals surface area contributed by atoms with Gasteiger partial charge < -0.3 is 0 Å². The number of rotatable bonds is 1. The third-order valence-electron chi connectivity index (χ3n) is 0.825. The van der Waals surface area contributed by atoms with Crippen LogP contribution in [0, 0.1) is 6.92 Å². The maximum atomic E-state index is 4.09. The lowest BCUT2D eigenvalue weighted by Gasteiger charge is -1.77. The summed E-state index contributed by atoms with van der Waals surface area (Å²) in [6.07, 6.45) is 1.87. The Labute approximate surface area is 58.2 Å². The zero-order valence-corrected chi connectivity index (χ0v) is 6.30. The molecule has 3 heteroatoms. The number of thiol groups is 1. The molecular weight excluding hydrogens is 138 g/mol. The van der Waals surface area contributed by atoms with E-state index in [-0.39, 0.29) is 0 Å². The van der Waals surface area contributed by atoms with E-state index >= 15 is 0 Å². The van der Waals surface area contributed by atoms with Crippen molar-refractivity contribution in [3.05, 3.63) is 16.1 Å². The molecule has 1 nitrogen and oxygen atoms in total. The van der Waals surface area contributed by atoms with Crippen LogP contribution in [-0.2, 0) is 5.75 Å². The van der Waals surface area contributed by atoms with E-state index in [0.29, 0.717) is 0 Å². The second-order valence-corrected chi connectivity index (χ2v) is 3.14. The monoisotopic (exact) mass is 145 g/mol. The molecule has 0 amide bonds. The highest BCUT2D eigenvalue weighted by Gasteiger charge is 1.91. The van der Waals surface area contributed by atoms with E-state index in [1.54, 1.807) is 11.3 Å². The van der Waals surface area contributed by atoms with Crippen molar-refractivity contribution in [2.24, 2.45) is 0 Å². The Balaban J connectivity index is 2.84. The van der Waals surface area contributed by atoms with Gasteiger partial charge >= 0.3 is 0 Å². The molecule has 1 heterocycles. The highest BCUT2D eigenvalue weighted by molar-refractivity contribution is 7.79. The highest BCUT2D eigenvalue weighted by Crippen LogP contribution is 2.12. The fraction of sp³-hybridized carbons (Fsp3) is 0.400. The molecule has 0 radical (unpaired) electrons. The van der Waals surface area contributed by atoms with Crippen LogP contribution in [0.2, 0.25) is 0 Å². The summed E-state index contributed by atoms with van der Waals surface area (Å²) in [7, 11) is 0. The molecule has 0 fully saturated rings. The molecular formula is C5H7NS2. The molecule has 0 bridgehead atoms. The predicted octanol–water partition coefficient (Wildman–Crippen LogP) is 1.88. The fourth-order valence-corrected chi connectivity index (χ4v) is 1.41. The first kappa shape index (κ1) is 6.11. The molecule has 0 N–H and O–H groups in total. The third-order valence-corrected chi connectivity index (χ3v) is 2.29. The number of aryl methyl sites for hydroxylation is 1. The van der Waals surface area contributed by atoms with Gasteiger partial charge in [0.1, 0.15) is 0 Å². The van der Waals surface area contributed by atoms with E-state index in [4.69, 9.17) is 0 Å². The molecule has 44 valence electrons. The molecule has 0 atom stereocenters. The molecule has 0 saturated carbocycles. The normalized spacial score (nSPS) is 9.75. The average molecular weight is 145 g/mol. The van der Waals surface area contributed by atoms with Gasteiger partial charge in [0.25, 0.3) is 0 Å². The largest absolute Gasteiger partial charge is 0.250 e. The van der Waals surface area contributed by atoms with Crippen LogP contribution in [0.1, 0.15) is 9.88 Å². The minimum atomic E-state index is 0.811. The summed E-state index contributed by atoms with van der Waals surface area (Å²) < 4.78 is 0. The van der Waals surface area contributed by atoms with Crippen molar-refractivity contribution >= 4 is 24.0 Å². The summed E-state index contributed by atoms with van der Waals surface area (Å²) in [6, 6.07) is 0. The third kappa shape index (κ3) is 1.23. The van der Waals surface area contributed by atoms with Gasteiger partial charge in [-0.25, -0.2) is 4.98 Å². The zero-order valence-electron chi connectivity index (χ0n) is 4.59. The SMILES string of the molecule is Cc1ncc(CS)s1.